The Kier molecular flexibility index (Phi) is 4.70. The van der Waals surface area contributed by atoms with E-state index in [1.54, 1.807) is 0 Å². The van der Waals surface area contributed by atoms with E-state index in [4.69, 9.17) is 9.84 Å². The maximum atomic E-state index is 13.4. The fourth-order valence-electron chi connectivity index (χ4n) is 1.88. The molecule has 1 aromatic rings. The van der Waals surface area contributed by atoms with Gasteiger partial charge in [0, 0.05) is 11.6 Å². The summed E-state index contributed by atoms with van der Waals surface area (Å²) in [5.74, 6) is -0.996. The van der Waals surface area contributed by atoms with Crippen molar-refractivity contribution in [2.75, 3.05) is 7.11 Å². The Hall–Kier alpha value is -1.84. The summed E-state index contributed by atoms with van der Waals surface area (Å²) in [6.45, 7) is 5.98. The van der Waals surface area contributed by atoms with Crippen molar-refractivity contribution < 1.29 is 19.0 Å². The van der Waals surface area contributed by atoms with Crippen LogP contribution in [0.15, 0.2) is 24.3 Å². The lowest BCUT2D eigenvalue weighted by Crippen LogP contribution is -2.08. The zero-order valence-corrected chi connectivity index (χ0v) is 11.7. The third kappa shape index (κ3) is 4.73. The largest absolute Gasteiger partial charge is 0.496 e. The quantitative estimate of drug-likeness (QED) is 0.844. The van der Waals surface area contributed by atoms with Gasteiger partial charge in [-0.3, -0.25) is 0 Å². The van der Waals surface area contributed by atoms with Gasteiger partial charge < -0.3 is 9.84 Å². The van der Waals surface area contributed by atoms with Crippen LogP contribution in [0, 0.1) is 11.2 Å². The second-order valence-corrected chi connectivity index (χ2v) is 5.59. The predicted octanol–water partition coefficient (Wildman–Crippen LogP) is 3.74. The van der Waals surface area contributed by atoms with Crippen molar-refractivity contribution in [3.63, 3.8) is 0 Å². The minimum atomic E-state index is -1.05. The highest BCUT2D eigenvalue weighted by Crippen LogP contribution is 2.35. The summed E-state index contributed by atoms with van der Waals surface area (Å²) >= 11 is 0. The van der Waals surface area contributed by atoms with Crippen LogP contribution in [0.3, 0.4) is 0 Å². The molecule has 0 unspecified atom stereocenters. The van der Waals surface area contributed by atoms with Crippen LogP contribution in [-0.4, -0.2) is 18.2 Å². The van der Waals surface area contributed by atoms with E-state index in [1.807, 2.05) is 20.8 Å². The highest BCUT2D eigenvalue weighted by molar-refractivity contribution is 5.91. The minimum Gasteiger partial charge on any atom is -0.496 e. The number of carbonyl (C=O) groups is 1. The average molecular weight is 266 g/mol. The molecule has 0 aromatic heterocycles. The Bertz CT molecular complexity index is 499. The van der Waals surface area contributed by atoms with Crippen LogP contribution >= 0.6 is 0 Å². The number of carboxylic acids is 1. The molecular weight excluding hydrogens is 247 g/mol. The van der Waals surface area contributed by atoms with Crippen LogP contribution in [0.4, 0.5) is 4.39 Å². The first-order valence-electron chi connectivity index (χ1n) is 6.00. The van der Waals surface area contributed by atoms with Crippen molar-refractivity contribution in [2.24, 2.45) is 5.41 Å². The Morgan fingerprint density at radius 1 is 1.42 bits per heavy atom. The molecule has 1 N–H and O–H groups in total. The van der Waals surface area contributed by atoms with Crippen molar-refractivity contribution in [1.82, 2.24) is 0 Å². The van der Waals surface area contributed by atoms with Gasteiger partial charge in [-0.05, 0) is 35.6 Å². The van der Waals surface area contributed by atoms with Gasteiger partial charge in [-0.2, -0.15) is 0 Å². The summed E-state index contributed by atoms with van der Waals surface area (Å²) in [6, 6.07) is 4.10. The van der Waals surface area contributed by atoms with Gasteiger partial charge in [-0.15, -0.1) is 0 Å². The van der Waals surface area contributed by atoms with Gasteiger partial charge in [0.2, 0.25) is 0 Å². The molecule has 19 heavy (non-hydrogen) atoms. The number of carboxylic acid groups (broad SMARTS) is 1. The number of rotatable bonds is 4. The highest BCUT2D eigenvalue weighted by atomic mass is 19.1. The van der Waals surface area contributed by atoms with Gasteiger partial charge in [0.25, 0.3) is 0 Å². The predicted molar refractivity (Wildman–Crippen MR) is 72.6 cm³/mol. The molecule has 0 amide bonds. The van der Waals surface area contributed by atoms with E-state index >= 15 is 0 Å². The standard InChI is InChI=1S/C15H19FO3/c1-15(2,3)9-10(7-14(17)18)12-8-11(16)5-6-13(12)19-4/h5-8H,9H2,1-4H3,(H,17,18)/b10-7-. The molecule has 4 heteroatoms. The highest BCUT2D eigenvalue weighted by Gasteiger charge is 2.18. The number of hydrogen-bond acceptors (Lipinski definition) is 2. The van der Waals surface area contributed by atoms with E-state index in [9.17, 15) is 9.18 Å². The first kappa shape index (κ1) is 15.2. The van der Waals surface area contributed by atoms with Gasteiger partial charge in [0.15, 0.2) is 0 Å². The molecule has 0 aliphatic carbocycles. The first-order chi connectivity index (χ1) is 8.73. The van der Waals surface area contributed by atoms with Gasteiger partial charge >= 0.3 is 5.97 Å². The Morgan fingerprint density at radius 3 is 2.53 bits per heavy atom. The number of aliphatic carboxylic acids is 1. The number of methoxy groups -OCH3 is 1. The van der Waals surface area contributed by atoms with Gasteiger partial charge in [0.05, 0.1) is 7.11 Å². The molecule has 0 radical (unpaired) electrons. The number of ether oxygens (including phenoxy) is 1. The molecule has 3 nitrogen and oxygen atoms in total. The number of benzene rings is 1. The second-order valence-electron chi connectivity index (χ2n) is 5.59. The third-order valence-corrected chi connectivity index (χ3v) is 2.53. The molecule has 0 bridgehead atoms. The molecular formula is C15H19FO3. The maximum Gasteiger partial charge on any atom is 0.328 e. The summed E-state index contributed by atoms with van der Waals surface area (Å²) in [6.07, 6.45) is 1.63. The summed E-state index contributed by atoms with van der Waals surface area (Å²) in [5.41, 5.74) is 0.926. The normalized spacial score (nSPS) is 12.4. The van der Waals surface area contributed by atoms with Crippen LogP contribution in [-0.2, 0) is 4.79 Å². The molecule has 0 spiro atoms. The molecule has 0 saturated heterocycles. The van der Waals surface area contributed by atoms with Crippen LogP contribution in [0.1, 0.15) is 32.8 Å². The Morgan fingerprint density at radius 2 is 2.05 bits per heavy atom. The molecule has 1 aromatic carbocycles. The lowest BCUT2D eigenvalue weighted by molar-refractivity contribution is -0.131. The van der Waals surface area contributed by atoms with E-state index in [0.717, 1.165) is 6.08 Å². The van der Waals surface area contributed by atoms with Crippen molar-refractivity contribution >= 4 is 11.5 Å². The maximum absolute atomic E-state index is 13.4. The summed E-state index contributed by atoms with van der Waals surface area (Å²) in [5, 5.41) is 8.96. The smallest absolute Gasteiger partial charge is 0.328 e. The summed E-state index contributed by atoms with van der Waals surface area (Å²) in [4.78, 5) is 10.9. The van der Waals surface area contributed by atoms with Crippen molar-refractivity contribution in [1.29, 1.82) is 0 Å². The first-order valence-corrected chi connectivity index (χ1v) is 6.00. The molecule has 104 valence electrons. The van der Waals surface area contributed by atoms with Crippen molar-refractivity contribution in [2.45, 2.75) is 27.2 Å². The van der Waals surface area contributed by atoms with Gasteiger partial charge in [0.1, 0.15) is 11.6 Å². The number of allylic oxidation sites excluding steroid dienone is 1. The molecule has 0 fully saturated rings. The van der Waals surface area contributed by atoms with E-state index < -0.39 is 11.8 Å². The molecule has 0 heterocycles. The summed E-state index contributed by atoms with van der Waals surface area (Å²) < 4.78 is 18.6. The van der Waals surface area contributed by atoms with Crippen molar-refractivity contribution in [3.05, 3.63) is 35.7 Å². The van der Waals surface area contributed by atoms with Gasteiger partial charge in [-0.1, -0.05) is 20.8 Å². The van der Waals surface area contributed by atoms with Crippen LogP contribution in [0.2, 0.25) is 0 Å². The SMILES string of the molecule is COc1ccc(F)cc1/C(=C\C(=O)O)CC(C)(C)C. The fourth-order valence-corrected chi connectivity index (χ4v) is 1.88. The van der Waals surface area contributed by atoms with Gasteiger partial charge in [-0.25, -0.2) is 9.18 Å². The van der Waals surface area contributed by atoms with Crippen molar-refractivity contribution in [3.8, 4) is 5.75 Å². The van der Waals surface area contributed by atoms with E-state index in [2.05, 4.69) is 0 Å². The monoisotopic (exact) mass is 266 g/mol. The zero-order valence-electron chi connectivity index (χ0n) is 11.7. The molecule has 1 rings (SSSR count). The molecule has 0 atom stereocenters. The Labute approximate surface area is 112 Å². The third-order valence-electron chi connectivity index (χ3n) is 2.53. The number of halogens is 1. The molecule has 0 saturated carbocycles. The van der Waals surface area contributed by atoms with E-state index in [1.165, 1.54) is 25.3 Å². The fraction of sp³-hybridized carbons (Fsp3) is 0.400. The Balaban J connectivity index is 3.32. The second kappa shape index (κ2) is 5.87. The summed E-state index contributed by atoms with van der Waals surface area (Å²) in [7, 11) is 1.48. The lowest BCUT2D eigenvalue weighted by Gasteiger charge is -2.21. The van der Waals surface area contributed by atoms with Crippen LogP contribution in [0.25, 0.3) is 5.57 Å². The topological polar surface area (TPSA) is 46.5 Å². The number of hydrogen-bond donors (Lipinski definition) is 1. The van der Waals surface area contributed by atoms with E-state index in [-0.39, 0.29) is 5.41 Å². The molecule has 0 aliphatic rings. The van der Waals surface area contributed by atoms with Crippen LogP contribution in [0.5, 0.6) is 5.75 Å². The minimum absolute atomic E-state index is 0.112. The zero-order chi connectivity index (χ0) is 14.6. The van der Waals surface area contributed by atoms with E-state index in [0.29, 0.717) is 23.3 Å². The molecule has 0 aliphatic heterocycles. The van der Waals surface area contributed by atoms with Crippen LogP contribution < -0.4 is 4.74 Å². The average Bonchev–Trinajstić information content (AvgIpc) is 2.25. The lowest BCUT2D eigenvalue weighted by atomic mass is 9.85.